The van der Waals surface area contributed by atoms with Gasteiger partial charge in [0.25, 0.3) is 0 Å². The fourth-order valence-corrected chi connectivity index (χ4v) is 1.63. The van der Waals surface area contributed by atoms with Crippen LogP contribution < -0.4 is 4.84 Å². The highest BCUT2D eigenvalue weighted by molar-refractivity contribution is 6.16. The molecular formula is C12H13ClN2O. The average Bonchev–Trinajstić information content (AvgIpc) is 2.69. The van der Waals surface area contributed by atoms with E-state index < -0.39 is 0 Å². The number of rotatable bonds is 4. The minimum atomic E-state index is 0.350. The summed E-state index contributed by atoms with van der Waals surface area (Å²) in [6, 6.07) is 10.00. The van der Waals surface area contributed by atoms with Gasteiger partial charge in [-0.25, -0.2) is 4.98 Å². The van der Waals surface area contributed by atoms with Crippen LogP contribution in [0.25, 0.3) is 0 Å². The number of benzene rings is 1. The number of aryl methyl sites for hydroxylation is 1. The molecular weight excluding hydrogens is 224 g/mol. The molecule has 0 unspecified atom stereocenters. The molecule has 0 aliphatic heterocycles. The third-order valence-electron chi connectivity index (χ3n) is 2.28. The van der Waals surface area contributed by atoms with Crippen LogP contribution in [-0.4, -0.2) is 9.71 Å². The molecule has 0 N–H and O–H groups in total. The Balaban J connectivity index is 2.07. The standard InChI is InChI=1S/C12H13ClN2O/c1-10-8-14-12(7-13)15(10)16-9-11-5-3-2-4-6-11/h2-6,8H,7,9H2,1H3. The molecule has 0 amide bonds. The third kappa shape index (κ3) is 2.36. The zero-order valence-electron chi connectivity index (χ0n) is 9.06. The monoisotopic (exact) mass is 236 g/mol. The molecule has 0 bridgehead atoms. The molecule has 0 saturated heterocycles. The van der Waals surface area contributed by atoms with Gasteiger partial charge >= 0.3 is 0 Å². The molecule has 0 spiro atoms. The highest BCUT2D eigenvalue weighted by Crippen LogP contribution is 2.06. The molecule has 4 heteroatoms. The molecule has 0 fully saturated rings. The van der Waals surface area contributed by atoms with Crippen LogP contribution >= 0.6 is 11.6 Å². The SMILES string of the molecule is Cc1cnc(CCl)n1OCc1ccccc1. The quantitative estimate of drug-likeness (QED) is 0.763. The number of imidazole rings is 1. The van der Waals surface area contributed by atoms with Crippen LogP contribution in [0.4, 0.5) is 0 Å². The smallest absolute Gasteiger partial charge is 0.159 e. The molecule has 0 atom stereocenters. The number of halogens is 1. The van der Waals surface area contributed by atoms with Crippen LogP contribution in [0.1, 0.15) is 17.1 Å². The lowest BCUT2D eigenvalue weighted by molar-refractivity contribution is 0.0875. The van der Waals surface area contributed by atoms with Crippen LogP contribution in [0.2, 0.25) is 0 Å². The first-order chi connectivity index (χ1) is 7.81. The molecule has 0 saturated carbocycles. The number of nitrogens with zero attached hydrogens (tertiary/aromatic N) is 2. The first-order valence-corrected chi connectivity index (χ1v) is 5.61. The van der Waals surface area contributed by atoms with Gasteiger partial charge in [-0.2, -0.15) is 4.73 Å². The van der Waals surface area contributed by atoms with E-state index in [1.54, 1.807) is 10.9 Å². The van der Waals surface area contributed by atoms with E-state index in [0.717, 1.165) is 17.1 Å². The summed E-state index contributed by atoms with van der Waals surface area (Å²) in [4.78, 5) is 9.81. The van der Waals surface area contributed by atoms with Gasteiger partial charge in [-0.3, -0.25) is 0 Å². The van der Waals surface area contributed by atoms with E-state index in [1.807, 2.05) is 37.3 Å². The molecule has 16 heavy (non-hydrogen) atoms. The van der Waals surface area contributed by atoms with E-state index in [2.05, 4.69) is 4.98 Å². The molecule has 2 aromatic rings. The fourth-order valence-electron chi connectivity index (χ4n) is 1.45. The van der Waals surface area contributed by atoms with Crippen molar-refractivity contribution in [3.8, 4) is 0 Å². The fraction of sp³-hybridized carbons (Fsp3) is 0.250. The van der Waals surface area contributed by atoms with Crippen molar-refractivity contribution in [2.75, 3.05) is 0 Å². The maximum Gasteiger partial charge on any atom is 0.159 e. The molecule has 0 radical (unpaired) electrons. The van der Waals surface area contributed by atoms with Crippen molar-refractivity contribution in [3.63, 3.8) is 0 Å². The van der Waals surface area contributed by atoms with E-state index in [9.17, 15) is 0 Å². The molecule has 84 valence electrons. The highest BCUT2D eigenvalue weighted by Gasteiger charge is 2.06. The Morgan fingerprint density at radius 1 is 1.31 bits per heavy atom. The van der Waals surface area contributed by atoms with Gasteiger partial charge in [0.2, 0.25) is 0 Å². The molecule has 2 rings (SSSR count). The topological polar surface area (TPSA) is 27.1 Å². The summed E-state index contributed by atoms with van der Waals surface area (Å²) in [5, 5.41) is 0. The maximum atomic E-state index is 5.76. The van der Waals surface area contributed by atoms with Crippen molar-refractivity contribution in [1.82, 2.24) is 9.71 Å². The van der Waals surface area contributed by atoms with Gasteiger partial charge in [0.1, 0.15) is 6.61 Å². The van der Waals surface area contributed by atoms with Crippen molar-refractivity contribution >= 4 is 11.6 Å². The first kappa shape index (κ1) is 11.0. The molecule has 1 aromatic heterocycles. The predicted molar refractivity (Wildman–Crippen MR) is 63.2 cm³/mol. The number of aromatic nitrogens is 2. The summed E-state index contributed by atoms with van der Waals surface area (Å²) in [6.07, 6.45) is 1.75. The summed E-state index contributed by atoms with van der Waals surface area (Å²) < 4.78 is 1.68. The summed E-state index contributed by atoms with van der Waals surface area (Å²) in [5.74, 6) is 1.08. The summed E-state index contributed by atoms with van der Waals surface area (Å²) in [6.45, 7) is 2.45. The van der Waals surface area contributed by atoms with Gasteiger partial charge in [0.05, 0.1) is 17.8 Å². The number of hydrogen-bond donors (Lipinski definition) is 0. The normalized spacial score (nSPS) is 10.4. The molecule has 3 nitrogen and oxygen atoms in total. The van der Waals surface area contributed by atoms with Crippen molar-refractivity contribution in [2.24, 2.45) is 0 Å². The first-order valence-electron chi connectivity index (χ1n) is 5.07. The Hall–Kier alpha value is -1.48. The van der Waals surface area contributed by atoms with E-state index in [-0.39, 0.29) is 0 Å². The van der Waals surface area contributed by atoms with E-state index >= 15 is 0 Å². The van der Waals surface area contributed by atoms with Crippen LogP contribution in [-0.2, 0) is 12.5 Å². The Kier molecular flexibility index (Phi) is 3.47. The maximum absolute atomic E-state index is 5.76. The van der Waals surface area contributed by atoms with Crippen LogP contribution in [0, 0.1) is 6.92 Å². The van der Waals surface area contributed by atoms with Gasteiger partial charge in [0.15, 0.2) is 5.82 Å². The number of hydrogen-bond acceptors (Lipinski definition) is 2. The van der Waals surface area contributed by atoms with Crippen molar-refractivity contribution in [1.29, 1.82) is 0 Å². The second-order valence-electron chi connectivity index (χ2n) is 3.50. The zero-order chi connectivity index (χ0) is 11.4. The van der Waals surface area contributed by atoms with Crippen LogP contribution in [0.3, 0.4) is 0 Å². The summed E-state index contributed by atoms with van der Waals surface area (Å²) in [7, 11) is 0. The van der Waals surface area contributed by atoms with Gasteiger partial charge in [-0.05, 0) is 12.5 Å². The van der Waals surface area contributed by atoms with Crippen LogP contribution in [0.5, 0.6) is 0 Å². The van der Waals surface area contributed by atoms with E-state index in [1.165, 1.54) is 0 Å². The minimum absolute atomic E-state index is 0.350. The second kappa shape index (κ2) is 5.03. The van der Waals surface area contributed by atoms with Gasteiger partial charge < -0.3 is 4.84 Å². The Morgan fingerprint density at radius 2 is 2.06 bits per heavy atom. The van der Waals surface area contributed by atoms with Crippen molar-refractivity contribution in [2.45, 2.75) is 19.4 Å². The highest BCUT2D eigenvalue weighted by atomic mass is 35.5. The van der Waals surface area contributed by atoms with Gasteiger partial charge in [-0.1, -0.05) is 30.3 Å². The number of alkyl halides is 1. The lowest BCUT2D eigenvalue weighted by atomic mass is 10.2. The van der Waals surface area contributed by atoms with E-state index in [0.29, 0.717) is 12.5 Å². The van der Waals surface area contributed by atoms with E-state index in [4.69, 9.17) is 16.4 Å². The van der Waals surface area contributed by atoms with Gasteiger partial charge in [0, 0.05) is 0 Å². The molecule has 0 aliphatic carbocycles. The molecule has 1 aromatic carbocycles. The lowest BCUT2D eigenvalue weighted by Crippen LogP contribution is -2.15. The Morgan fingerprint density at radius 3 is 2.75 bits per heavy atom. The average molecular weight is 237 g/mol. The summed E-state index contributed by atoms with van der Waals surface area (Å²) >= 11 is 5.76. The van der Waals surface area contributed by atoms with Crippen molar-refractivity contribution < 1.29 is 4.84 Å². The van der Waals surface area contributed by atoms with Gasteiger partial charge in [-0.15, -0.1) is 11.6 Å². The molecule has 0 aliphatic rings. The largest absolute Gasteiger partial charge is 0.408 e. The summed E-state index contributed by atoms with van der Waals surface area (Å²) in [5.41, 5.74) is 2.07. The zero-order valence-corrected chi connectivity index (χ0v) is 9.81. The predicted octanol–water partition coefficient (Wildman–Crippen LogP) is 2.56. The minimum Gasteiger partial charge on any atom is -0.408 e. The Bertz CT molecular complexity index is 453. The Labute approximate surface area is 99.6 Å². The third-order valence-corrected chi connectivity index (χ3v) is 2.52. The second-order valence-corrected chi connectivity index (χ2v) is 3.77. The lowest BCUT2D eigenvalue weighted by Gasteiger charge is -2.10. The van der Waals surface area contributed by atoms with Crippen LogP contribution in [0.15, 0.2) is 36.5 Å². The van der Waals surface area contributed by atoms with Crippen molar-refractivity contribution in [3.05, 3.63) is 53.6 Å². The molecule has 1 heterocycles.